The lowest BCUT2D eigenvalue weighted by Crippen LogP contribution is -2.10. The van der Waals surface area contributed by atoms with Gasteiger partial charge in [0.05, 0.1) is 18.7 Å². The van der Waals surface area contributed by atoms with Crippen LogP contribution in [0.5, 0.6) is 0 Å². The van der Waals surface area contributed by atoms with E-state index < -0.39 is 11.9 Å². The number of nitrogens with one attached hydrogen (secondary N) is 1. The largest absolute Gasteiger partial charge is 0.466 e. The lowest BCUT2D eigenvalue weighted by atomic mass is 10.1. The molecule has 2 aromatic heterocycles. The summed E-state index contributed by atoms with van der Waals surface area (Å²) in [6, 6.07) is 11.3. The minimum Gasteiger partial charge on any atom is -0.466 e. The van der Waals surface area contributed by atoms with E-state index in [4.69, 9.17) is 4.74 Å². The van der Waals surface area contributed by atoms with Crippen LogP contribution in [-0.2, 0) is 22.1 Å². The number of aromatic nitrogens is 3. The fourth-order valence-electron chi connectivity index (χ4n) is 2.54. The van der Waals surface area contributed by atoms with Gasteiger partial charge in [-0.15, -0.1) is 0 Å². The Kier molecular flexibility index (Phi) is 6.06. The van der Waals surface area contributed by atoms with Crippen molar-refractivity contribution in [2.24, 2.45) is 0 Å². The van der Waals surface area contributed by atoms with E-state index in [1.54, 1.807) is 43.5 Å². The van der Waals surface area contributed by atoms with Crippen molar-refractivity contribution in [3.8, 4) is 11.3 Å². The maximum absolute atomic E-state index is 12.8. The van der Waals surface area contributed by atoms with Gasteiger partial charge in [-0.05, 0) is 36.8 Å². The first-order chi connectivity index (χ1) is 13.8. The highest BCUT2D eigenvalue weighted by Crippen LogP contribution is 2.28. The van der Waals surface area contributed by atoms with Crippen LogP contribution in [0.4, 0.5) is 24.8 Å². The molecule has 0 unspecified atom stereocenters. The molecule has 0 bridgehead atoms. The number of hydrogen-bond donors (Lipinski definition) is 1. The third kappa shape index (κ3) is 5.50. The summed E-state index contributed by atoms with van der Waals surface area (Å²) in [5, 5.41) is 2.77. The van der Waals surface area contributed by atoms with E-state index in [1.165, 1.54) is 0 Å². The van der Waals surface area contributed by atoms with Crippen LogP contribution in [0.1, 0.15) is 18.2 Å². The van der Waals surface area contributed by atoms with Crippen LogP contribution >= 0.6 is 0 Å². The van der Waals surface area contributed by atoms with Gasteiger partial charge in [0.15, 0.2) is 0 Å². The van der Waals surface area contributed by atoms with Gasteiger partial charge in [0.2, 0.25) is 5.95 Å². The summed E-state index contributed by atoms with van der Waals surface area (Å²) in [5.41, 5.74) is 1.60. The Balaban J connectivity index is 1.75. The van der Waals surface area contributed by atoms with Crippen LogP contribution in [0.15, 0.2) is 54.9 Å². The normalized spacial score (nSPS) is 11.2. The van der Waals surface area contributed by atoms with Gasteiger partial charge in [-0.1, -0.05) is 18.2 Å². The third-order valence-electron chi connectivity index (χ3n) is 3.84. The second-order valence-electron chi connectivity index (χ2n) is 6.00. The molecule has 0 aliphatic heterocycles. The zero-order chi connectivity index (χ0) is 20.9. The topological polar surface area (TPSA) is 77.0 Å². The predicted molar refractivity (Wildman–Crippen MR) is 100 cm³/mol. The van der Waals surface area contributed by atoms with Gasteiger partial charge in [-0.25, -0.2) is 9.97 Å². The van der Waals surface area contributed by atoms with Gasteiger partial charge in [0.1, 0.15) is 5.69 Å². The maximum atomic E-state index is 12.8. The Labute approximate surface area is 164 Å². The number of benzene rings is 1. The zero-order valence-corrected chi connectivity index (χ0v) is 15.4. The zero-order valence-electron chi connectivity index (χ0n) is 15.4. The molecule has 0 aliphatic carbocycles. The fraction of sp³-hybridized carbons (Fsp3) is 0.200. The number of halogens is 3. The summed E-state index contributed by atoms with van der Waals surface area (Å²) in [6.07, 6.45) is -1.78. The number of carbonyl (C=O) groups excluding carboxylic acids is 1. The van der Waals surface area contributed by atoms with E-state index in [9.17, 15) is 18.0 Å². The predicted octanol–water partition coefficient (Wildman–Crippen LogP) is 4.41. The number of ether oxygens (including phenoxy) is 1. The first-order valence-corrected chi connectivity index (χ1v) is 8.73. The summed E-state index contributed by atoms with van der Waals surface area (Å²) in [4.78, 5) is 23.2. The second kappa shape index (κ2) is 8.68. The lowest BCUT2D eigenvalue weighted by Gasteiger charge is -2.10. The molecule has 0 aliphatic rings. The number of esters is 1. The van der Waals surface area contributed by atoms with Crippen LogP contribution in [0, 0.1) is 0 Å². The smallest absolute Gasteiger partial charge is 0.433 e. The number of anilines is 2. The molecule has 0 saturated heterocycles. The van der Waals surface area contributed by atoms with E-state index in [-0.39, 0.29) is 18.3 Å². The second-order valence-corrected chi connectivity index (χ2v) is 6.00. The Bertz CT molecular complexity index is 992. The molecule has 3 aromatic rings. The monoisotopic (exact) mass is 402 g/mol. The molecule has 2 heterocycles. The average molecular weight is 402 g/mol. The van der Waals surface area contributed by atoms with Crippen molar-refractivity contribution < 1.29 is 22.7 Å². The Hall–Kier alpha value is -3.49. The molecule has 150 valence electrons. The van der Waals surface area contributed by atoms with Crippen molar-refractivity contribution in [3.05, 3.63) is 66.1 Å². The highest BCUT2D eigenvalue weighted by Gasteiger charge is 2.32. The first kappa shape index (κ1) is 20.2. The minimum atomic E-state index is -4.55. The van der Waals surface area contributed by atoms with E-state index >= 15 is 0 Å². The summed E-state index contributed by atoms with van der Waals surface area (Å²) in [6.45, 7) is 2.06. The molecule has 0 amide bonds. The lowest BCUT2D eigenvalue weighted by molar-refractivity contribution is -0.142. The van der Waals surface area contributed by atoms with Crippen molar-refractivity contribution in [1.82, 2.24) is 15.0 Å². The van der Waals surface area contributed by atoms with Gasteiger partial charge in [0, 0.05) is 23.6 Å². The van der Waals surface area contributed by atoms with Gasteiger partial charge < -0.3 is 10.1 Å². The van der Waals surface area contributed by atoms with Crippen molar-refractivity contribution in [2.45, 2.75) is 19.5 Å². The summed E-state index contributed by atoms with van der Waals surface area (Å²) >= 11 is 0. The Morgan fingerprint density at radius 3 is 2.66 bits per heavy atom. The van der Waals surface area contributed by atoms with E-state index in [0.717, 1.165) is 23.4 Å². The number of alkyl halides is 3. The summed E-state index contributed by atoms with van der Waals surface area (Å²) in [5.74, 6) is -0.482. The van der Waals surface area contributed by atoms with Crippen molar-refractivity contribution in [2.75, 3.05) is 11.9 Å². The van der Waals surface area contributed by atoms with Crippen LogP contribution in [0.3, 0.4) is 0 Å². The number of pyridine rings is 1. The Morgan fingerprint density at radius 1 is 1.14 bits per heavy atom. The molecule has 0 saturated carbocycles. The molecule has 29 heavy (non-hydrogen) atoms. The van der Waals surface area contributed by atoms with Crippen LogP contribution in [0.25, 0.3) is 11.3 Å². The molecule has 1 aromatic carbocycles. The van der Waals surface area contributed by atoms with Gasteiger partial charge in [0.25, 0.3) is 0 Å². The third-order valence-corrected chi connectivity index (χ3v) is 3.84. The fourth-order valence-corrected chi connectivity index (χ4v) is 2.54. The number of carbonyl (C=O) groups is 1. The van der Waals surface area contributed by atoms with Crippen molar-refractivity contribution in [1.29, 1.82) is 0 Å². The van der Waals surface area contributed by atoms with E-state index in [1.807, 2.05) is 6.07 Å². The van der Waals surface area contributed by atoms with Crippen LogP contribution in [0.2, 0.25) is 0 Å². The number of rotatable bonds is 6. The first-order valence-electron chi connectivity index (χ1n) is 8.73. The van der Waals surface area contributed by atoms with Crippen LogP contribution in [-0.4, -0.2) is 27.5 Å². The maximum Gasteiger partial charge on any atom is 0.433 e. The summed E-state index contributed by atoms with van der Waals surface area (Å²) < 4.78 is 43.3. The van der Waals surface area contributed by atoms with Gasteiger partial charge >= 0.3 is 12.1 Å². The highest BCUT2D eigenvalue weighted by molar-refractivity contribution is 5.73. The van der Waals surface area contributed by atoms with Crippen molar-refractivity contribution in [3.63, 3.8) is 0 Å². The molecular weight excluding hydrogens is 385 g/mol. The van der Waals surface area contributed by atoms with Gasteiger partial charge in [-0.2, -0.15) is 13.2 Å². The molecule has 1 N–H and O–H groups in total. The van der Waals surface area contributed by atoms with E-state index in [0.29, 0.717) is 18.0 Å². The highest BCUT2D eigenvalue weighted by atomic mass is 19.4. The van der Waals surface area contributed by atoms with Crippen molar-refractivity contribution >= 4 is 17.6 Å². The summed E-state index contributed by atoms with van der Waals surface area (Å²) in [7, 11) is 0. The molecule has 6 nitrogen and oxygen atoms in total. The minimum absolute atomic E-state index is 0.135. The standard InChI is InChI=1S/C20H17F3N4O2/c1-2-29-18(28)10-13-6-7-16(25-12-13)14-4-3-5-15(11-14)26-19-24-9-8-17(27-19)20(21,22)23/h3-9,11-12H,2,10H2,1H3,(H,24,26,27). The van der Waals surface area contributed by atoms with Gasteiger partial charge in [-0.3, -0.25) is 9.78 Å². The Morgan fingerprint density at radius 2 is 1.97 bits per heavy atom. The molecule has 3 rings (SSSR count). The van der Waals surface area contributed by atoms with Crippen LogP contribution < -0.4 is 5.32 Å². The molecule has 0 spiro atoms. The van der Waals surface area contributed by atoms with E-state index in [2.05, 4.69) is 20.3 Å². The molecule has 9 heteroatoms. The molecule has 0 radical (unpaired) electrons. The number of hydrogen-bond acceptors (Lipinski definition) is 6. The molecule has 0 atom stereocenters. The SMILES string of the molecule is CCOC(=O)Cc1ccc(-c2cccc(Nc3nccc(C(F)(F)F)n3)c2)nc1. The quantitative estimate of drug-likeness (QED) is 0.616. The molecular formula is C20H17F3N4O2. The molecule has 0 fully saturated rings. The average Bonchev–Trinajstić information content (AvgIpc) is 2.68. The number of nitrogens with zero attached hydrogens (tertiary/aromatic N) is 3.